The topological polar surface area (TPSA) is 53.2 Å². The van der Waals surface area contributed by atoms with Gasteiger partial charge in [-0.1, -0.05) is 28.1 Å². The fourth-order valence-corrected chi connectivity index (χ4v) is 2.69. The molecule has 0 atom stereocenters. The van der Waals surface area contributed by atoms with Gasteiger partial charge in [0.1, 0.15) is 0 Å². The maximum atomic E-state index is 12.0. The zero-order valence-electron chi connectivity index (χ0n) is 12.9. The third kappa shape index (κ3) is 5.65. The molecular formula is C17H18BrN3OS. The van der Waals surface area contributed by atoms with E-state index >= 15 is 0 Å². The van der Waals surface area contributed by atoms with E-state index in [0.29, 0.717) is 5.11 Å². The first-order chi connectivity index (χ1) is 10.9. The summed E-state index contributed by atoms with van der Waals surface area (Å²) in [4.78, 5) is 12.0. The molecule has 0 saturated heterocycles. The lowest BCUT2D eigenvalue weighted by Crippen LogP contribution is -2.35. The van der Waals surface area contributed by atoms with Crippen molar-refractivity contribution in [2.24, 2.45) is 0 Å². The quantitative estimate of drug-likeness (QED) is 0.689. The second kappa shape index (κ2) is 8.08. The maximum absolute atomic E-state index is 12.0. The van der Waals surface area contributed by atoms with Gasteiger partial charge in [0.25, 0.3) is 0 Å². The van der Waals surface area contributed by atoms with Crippen molar-refractivity contribution in [3.63, 3.8) is 0 Å². The van der Waals surface area contributed by atoms with Crippen molar-refractivity contribution >= 4 is 50.5 Å². The molecule has 120 valence electrons. The molecule has 1 amide bonds. The molecule has 0 bridgehead atoms. The normalized spacial score (nSPS) is 10.0. The van der Waals surface area contributed by atoms with Gasteiger partial charge in [-0.25, -0.2) is 0 Å². The molecule has 2 rings (SSSR count). The highest BCUT2D eigenvalue weighted by molar-refractivity contribution is 9.10. The first-order valence-corrected chi connectivity index (χ1v) is 8.31. The Bertz CT molecular complexity index is 734. The molecule has 2 aromatic carbocycles. The van der Waals surface area contributed by atoms with Crippen LogP contribution in [-0.2, 0) is 4.79 Å². The minimum Gasteiger partial charge on any atom is -0.353 e. The molecule has 0 saturated carbocycles. The third-order valence-corrected chi connectivity index (χ3v) is 3.89. The number of hydrogen-bond donors (Lipinski definition) is 3. The molecule has 0 heterocycles. The molecule has 0 fully saturated rings. The summed E-state index contributed by atoms with van der Waals surface area (Å²) >= 11 is 8.60. The highest BCUT2D eigenvalue weighted by Gasteiger charge is 2.06. The van der Waals surface area contributed by atoms with Crippen molar-refractivity contribution in [1.29, 1.82) is 0 Å². The second-order valence-corrected chi connectivity index (χ2v) is 6.51. The van der Waals surface area contributed by atoms with E-state index in [4.69, 9.17) is 12.2 Å². The van der Waals surface area contributed by atoms with E-state index in [-0.39, 0.29) is 12.5 Å². The van der Waals surface area contributed by atoms with Gasteiger partial charge in [-0.05, 0) is 67.5 Å². The summed E-state index contributed by atoms with van der Waals surface area (Å²) in [5.41, 5.74) is 3.82. The summed E-state index contributed by atoms with van der Waals surface area (Å²) in [6.45, 7) is 4.06. The van der Waals surface area contributed by atoms with Crippen LogP contribution in [-0.4, -0.2) is 17.6 Å². The van der Waals surface area contributed by atoms with Gasteiger partial charge in [0, 0.05) is 15.8 Å². The lowest BCUT2D eigenvalue weighted by atomic mass is 10.2. The number of rotatable bonds is 4. The lowest BCUT2D eigenvalue weighted by Gasteiger charge is -2.12. The number of hydrogen-bond acceptors (Lipinski definition) is 2. The number of thiocarbonyl (C=S) groups is 1. The van der Waals surface area contributed by atoms with Gasteiger partial charge in [-0.15, -0.1) is 0 Å². The van der Waals surface area contributed by atoms with Crippen LogP contribution in [0.5, 0.6) is 0 Å². The van der Waals surface area contributed by atoms with Crippen LogP contribution in [0.25, 0.3) is 0 Å². The number of nitrogens with one attached hydrogen (secondary N) is 3. The van der Waals surface area contributed by atoms with Crippen LogP contribution in [0, 0.1) is 13.8 Å². The zero-order chi connectivity index (χ0) is 16.8. The van der Waals surface area contributed by atoms with Crippen LogP contribution >= 0.6 is 28.1 Å². The molecular weight excluding hydrogens is 374 g/mol. The van der Waals surface area contributed by atoms with E-state index in [1.165, 1.54) is 0 Å². The van der Waals surface area contributed by atoms with Crippen LogP contribution in [0.15, 0.2) is 46.9 Å². The Hall–Kier alpha value is -1.92. The van der Waals surface area contributed by atoms with Gasteiger partial charge >= 0.3 is 0 Å². The number of benzene rings is 2. The van der Waals surface area contributed by atoms with E-state index in [1.54, 1.807) is 0 Å². The first kappa shape index (κ1) is 17.4. The van der Waals surface area contributed by atoms with Crippen LogP contribution in [0.2, 0.25) is 0 Å². The van der Waals surface area contributed by atoms with Crippen molar-refractivity contribution in [3.8, 4) is 0 Å². The van der Waals surface area contributed by atoms with Gasteiger partial charge < -0.3 is 16.0 Å². The third-order valence-electron chi connectivity index (χ3n) is 3.15. The Labute approximate surface area is 149 Å². The largest absolute Gasteiger partial charge is 0.353 e. The Kier molecular flexibility index (Phi) is 6.12. The number of anilines is 2. The predicted octanol–water partition coefficient (Wildman–Crippen LogP) is 3.99. The Morgan fingerprint density at radius 2 is 1.91 bits per heavy atom. The minimum atomic E-state index is -0.149. The standard InChI is InChI=1S/C17H18BrN3OS/c1-11-4-3-5-14(8-11)20-17(23)19-10-16(22)21-15-7-6-13(18)9-12(15)2/h3-9H,10H2,1-2H3,(H,21,22)(H2,19,20,23). The predicted molar refractivity (Wildman–Crippen MR) is 103 cm³/mol. The van der Waals surface area contributed by atoms with E-state index in [2.05, 4.69) is 31.9 Å². The number of halogens is 1. The highest BCUT2D eigenvalue weighted by Crippen LogP contribution is 2.19. The van der Waals surface area contributed by atoms with E-state index in [0.717, 1.165) is 27.0 Å². The number of carbonyl (C=O) groups excluding carboxylic acids is 1. The van der Waals surface area contributed by atoms with Crippen LogP contribution in [0.1, 0.15) is 11.1 Å². The molecule has 0 unspecified atom stereocenters. The molecule has 3 N–H and O–H groups in total. The minimum absolute atomic E-state index is 0.104. The summed E-state index contributed by atoms with van der Waals surface area (Å²) in [6, 6.07) is 13.6. The van der Waals surface area contributed by atoms with Crippen molar-refractivity contribution < 1.29 is 4.79 Å². The molecule has 0 aromatic heterocycles. The molecule has 0 aliphatic heterocycles. The van der Waals surface area contributed by atoms with E-state index in [9.17, 15) is 4.79 Å². The summed E-state index contributed by atoms with van der Waals surface area (Å²) in [5.74, 6) is -0.149. The molecule has 2 aromatic rings. The molecule has 4 nitrogen and oxygen atoms in total. The Morgan fingerprint density at radius 3 is 2.61 bits per heavy atom. The maximum Gasteiger partial charge on any atom is 0.243 e. The average molecular weight is 392 g/mol. The summed E-state index contributed by atoms with van der Waals surface area (Å²) in [6.07, 6.45) is 0. The molecule has 0 aliphatic rings. The van der Waals surface area contributed by atoms with Gasteiger partial charge in [-0.2, -0.15) is 0 Å². The fraction of sp³-hybridized carbons (Fsp3) is 0.176. The molecule has 23 heavy (non-hydrogen) atoms. The van der Waals surface area contributed by atoms with Gasteiger partial charge in [0.15, 0.2) is 5.11 Å². The van der Waals surface area contributed by atoms with E-state index in [1.807, 2.05) is 56.3 Å². The van der Waals surface area contributed by atoms with Gasteiger partial charge in [-0.3, -0.25) is 4.79 Å². The fourth-order valence-electron chi connectivity index (χ4n) is 2.02. The SMILES string of the molecule is Cc1cccc(NC(=S)NCC(=O)Nc2ccc(Br)cc2C)c1. The van der Waals surface area contributed by atoms with Crippen molar-refractivity contribution in [3.05, 3.63) is 58.1 Å². The van der Waals surface area contributed by atoms with Crippen LogP contribution < -0.4 is 16.0 Å². The highest BCUT2D eigenvalue weighted by atomic mass is 79.9. The Balaban J connectivity index is 1.83. The molecule has 0 radical (unpaired) electrons. The zero-order valence-corrected chi connectivity index (χ0v) is 15.3. The van der Waals surface area contributed by atoms with Crippen molar-refractivity contribution in [2.75, 3.05) is 17.2 Å². The molecule has 0 aliphatic carbocycles. The van der Waals surface area contributed by atoms with Crippen LogP contribution in [0.3, 0.4) is 0 Å². The summed E-state index contributed by atoms with van der Waals surface area (Å²) in [7, 11) is 0. The Morgan fingerprint density at radius 1 is 1.13 bits per heavy atom. The first-order valence-electron chi connectivity index (χ1n) is 7.11. The smallest absolute Gasteiger partial charge is 0.243 e. The van der Waals surface area contributed by atoms with Crippen molar-refractivity contribution in [1.82, 2.24) is 5.32 Å². The average Bonchev–Trinajstić information content (AvgIpc) is 2.48. The molecule has 6 heteroatoms. The monoisotopic (exact) mass is 391 g/mol. The molecule has 0 spiro atoms. The summed E-state index contributed by atoms with van der Waals surface area (Å²) in [5, 5.41) is 9.23. The number of amides is 1. The summed E-state index contributed by atoms with van der Waals surface area (Å²) < 4.78 is 0.981. The van der Waals surface area contributed by atoms with Gasteiger partial charge in [0.2, 0.25) is 5.91 Å². The second-order valence-electron chi connectivity index (χ2n) is 5.18. The number of aryl methyl sites for hydroxylation is 2. The lowest BCUT2D eigenvalue weighted by molar-refractivity contribution is -0.115. The van der Waals surface area contributed by atoms with Crippen molar-refractivity contribution in [2.45, 2.75) is 13.8 Å². The van der Waals surface area contributed by atoms with Crippen LogP contribution in [0.4, 0.5) is 11.4 Å². The van der Waals surface area contributed by atoms with Gasteiger partial charge in [0.05, 0.1) is 6.54 Å². The van der Waals surface area contributed by atoms with E-state index < -0.39 is 0 Å². The number of carbonyl (C=O) groups is 1.